The van der Waals surface area contributed by atoms with Crippen LogP contribution in [0.15, 0.2) is 12.4 Å². The first-order valence-corrected chi connectivity index (χ1v) is 6.10. The Bertz CT molecular complexity index is 344. The molecule has 1 fully saturated rings. The van der Waals surface area contributed by atoms with E-state index in [2.05, 4.69) is 20.2 Å². The van der Waals surface area contributed by atoms with Gasteiger partial charge in [0.2, 0.25) is 0 Å². The van der Waals surface area contributed by atoms with Crippen molar-refractivity contribution in [3.8, 4) is 0 Å². The van der Waals surface area contributed by atoms with Crippen molar-refractivity contribution in [3.05, 3.63) is 23.2 Å². The average molecular weight is 257 g/mol. The fraction of sp³-hybridized carbons (Fsp3) is 0.636. The SMILES string of the molecule is CNCC1CN(Cc2cnc(Cl)cn2)CCO1. The Kier molecular flexibility index (Phi) is 4.67. The maximum absolute atomic E-state index is 5.70. The van der Waals surface area contributed by atoms with E-state index < -0.39 is 0 Å². The Morgan fingerprint density at radius 2 is 2.41 bits per heavy atom. The van der Waals surface area contributed by atoms with Crippen LogP contribution in [0, 0.1) is 0 Å². The number of nitrogens with zero attached hydrogens (tertiary/aromatic N) is 3. The molecule has 0 saturated carbocycles. The molecule has 0 radical (unpaired) electrons. The lowest BCUT2D eigenvalue weighted by molar-refractivity contribution is -0.0295. The highest BCUT2D eigenvalue weighted by Gasteiger charge is 2.20. The molecule has 1 aromatic rings. The third kappa shape index (κ3) is 3.89. The zero-order valence-corrected chi connectivity index (χ0v) is 10.7. The molecule has 0 aliphatic carbocycles. The number of hydrogen-bond acceptors (Lipinski definition) is 5. The quantitative estimate of drug-likeness (QED) is 0.853. The van der Waals surface area contributed by atoms with Crippen LogP contribution >= 0.6 is 11.6 Å². The standard InChI is InChI=1S/C11H17ClN4O/c1-13-5-10-8-16(2-3-17-10)7-9-4-15-11(12)6-14-9/h4,6,10,13H,2-3,5,7-8H2,1H3. The second-order valence-corrected chi connectivity index (χ2v) is 4.50. The molecule has 2 heterocycles. The Hall–Kier alpha value is -0.750. The van der Waals surface area contributed by atoms with Crippen LogP contribution in [0.5, 0.6) is 0 Å². The van der Waals surface area contributed by atoms with E-state index >= 15 is 0 Å². The maximum Gasteiger partial charge on any atom is 0.147 e. The van der Waals surface area contributed by atoms with Gasteiger partial charge in [-0.3, -0.25) is 9.88 Å². The summed E-state index contributed by atoms with van der Waals surface area (Å²) in [6, 6.07) is 0. The van der Waals surface area contributed by atoms with E-state index in [4.69, 9.17) is 16.3 Å². The number of rotatable bonds is 4. The van der Waals surface area contributed by atoms with Gasteiger partial charge in [-0.2, -0.15) is 0 Å². The number of hydrogen-bond donors (Lipinski definition) is 1. The van der Waals surface area contributed by atoms with Crippen molar-refractivity contribution in [2.24, 2.45) is 0 Å². The molecule has 94 valence electrons. The molecule has 1 N–H and O–H groups in total. The van der Waals surface area contributed by atoms with E-state index in [-0.39, 0.29) is 6.10 Å². The Morgan fingerprint density at radius 3 is 3.12 bits per heavy atom. The summed E-state index contributed by atoms with van der Waals surface area (Å²) < 4.78 is 5.64. The minimum Gasteiger partial charge on any atom is -0.374 e. The fourth-order valence-corrected chi connectivity index (χ4v) is 2.02. The van der Waals surface area contributed by atoms with E-state index in [1.165, 1.54) is 0 Å². The Balaban J connectivity index is 1.87. The van der Waals surface area contributed by atoms with Crippen molar-refractivity contribution < 1.29 is 4.74 Å². The lowest BCUT2D eigenvalue weighted by Crippen LogP contribution is -2.45. The highest BCUT2D eigenvalue weighted by atomic mass is 35.5. The average Bonchev–Trinajstić information content (AvgIpc) is 2.33. The number of nitrogens with one attached hydrogen (secondary N) is 1. The molecule has 1 atom stereocenters. The van der Waals surface area contributed by atoms with Crippen molar-refractivity contribution in [2.45, 2.75) is 12.6 Å². The molecule has 6 heteroatoms. The minimum absolute atomic E-state index is 0.258. The predicted molar refractivity (Wildman–Crippen MR) is 66.0 cm³/mol. The van der Waals surface area contributed by atoms with Crippen LogP contribution in [0.3, 0.4) is 0 Å². The molecule has 0 spiro atoms. The van der Waals surface area contributed by atoms with Gasteiger partial charge in [-0.15, -0.1) is 0 Å². The first kappa shape index (κ1) is 12.7. The summed E-state index contributed by atoms with van der Waals surface area (Å²) in [5, 5.41) is 3.57. The second kappa shape index (κ2) is 6.26. The lowest BCUT2D eigenvalue weighted by Gasteiger charge is -2.32. The zero-order valence-electron chi connectivity index (χ0n) is 9.90. The van der Waals surface area contributed by atoms with Crippen molar-refractivity contribution in [2.75, 3.05) is 33.3 Å². The topological polar surface area (TPSA) is 50.3 Å². The van der Waals surface area contributed by atoms with Gasteiger partial charge >= 0.3 is 0 Å². The number of halogens is 1. The molecule has 0 amide bonds. The first-order valence-electron chi connectivity index (χ1n) is 5.73. The molecule has 1 aliphatic rings. The molecule has 0 aromatic carbocycles. The van der Waals surface area contributed by atoms with Gasteiger partial charge in [0.1, 0.15) is 5.15 Å². The summed E-state index contributed by atoms with van der Waals surface area (Å²) in [7, 11) is 1.94. The number of likely N-dealkylation sites (N-methyl/N-ethyl adjacent to an activating group) is 1. The van der Waals surface area contributed by atoms with Crippen molar-refractivity contribution >= 4 is 11.6 Å². The van der Waals surface area contributed by atoms with Gasteiger partial charge < -0.3 is 10.1 Å². The number of ether oxygens (including phenoxy) is 1. The molecule has 0 bridgehead atoms. The summed E-state index contributed by atoms with van der Waals surface area (Å²) in [4.78, 5) is 10.6. The Morgan fingerprint density at radius 1 is 1.53 bits per heavy atom. The van der Waals surface area contributed by atoms with E-state index in [0.29, 0.717) is 5.15 Å². The van der Waals surface area contributed by atoms with Crippen LogP contribution in [0.4, 0.5) is 0 Å². The van der Waals surface area contributed by atoms with E-state index in [9.17, 15) is 0 Å². The Labute approximate surface area is 106 Å². The van der Waals surface area contributed by atoms with Crippen LogP contribution < -0.4 is 5.32 Å². The highest BCUT2D eigenvalue weighted by molar-refractivity contribution is 6.29. The predicted octanol–water partition coefficient (Wildman–Crippen LogP) is 0.550. The van der Waals surface area contributed by atoms with Crippen molar-refractivity contribution in [1.82, 2.24) is 20.2 Å². The van der Waals surface area contributed by atoms with Crippen LogP contribution in [-0.4, -0.2) is 54.3 Å². The molecule has 2 rings (SSSR count). The smallest absolute Gasteiger partial charge is 0.147 e. The summed E-state index contributed by atoms with van der Waals surface area (Å²) in [6.07, 6.45) is 3.57. The second-order valence-electron chi connectivity index (χ2n) is 4.12. The molecule has 1 aromatic heterocycles. The zero-order chi connectivity index (χ0) is 12.1. The van der Waals surface area contributed by atoms with Gasteiger partial charge in [-0.05, 0) is 7.05 Å². The number of morpholine rings is 1. The fourth-order valence-electron chi connectivity index (χ4n) is 1.92. The van der Waals surface area contributed by atoms with Crippen molar-refractivity contribution in [1.29, 1.82) is 0 Å². The van der Waals surface area contributed by atoms with Gasteiger partial charge in [0.05, 0.1) is 30.8 Å². The van der Waals surface area contributed by atoms with Crippen LogP contribution in [0.1, 0.15) is 5.69 Å². The summed E-state index contributed by atoms with van der Waals surface area (Å²) in [5.74, 6) is 0. The third-order valence-electron chi connectivity index (χ3n) is 2.71. The van der Waals surface area contributed by atoms with Gasteiger partial charge in [0.15, 0.2) is 0 Å². The maximum atomic E-state index is 5.70. The lowest BCUT2D eigenvalue weighted by atomic mass is 10.2. The molecule has 17 heavy (non-hydrogen) atoms. The monoisotopic (exact) mass is 256 g/mol. The molecule has 1 aliphatic heterocycles. The van der Waals surface area contributed by atoms with Crippen molar-refractivity contribution in [3.63, 3.8) is 0 Å². The van der Waals surface area contributed by atoms with E-state index in [1.54, 1.807) is 12.4 Å². The van der Waals surface area contributed by atoms with Crippen LogP contribution in [0.25, 0.3) is 0 Å². The summed E-state index contributed by atoms with van der Waals surface area (Å²) in [5.41, 5.74) is 0.944. The summed E-state index contributed by atoms with van der Waals surface area (Å²) >= 11 is 5.70. The van der Waals surface area contributed by atoms with E-state index in [0.717, 1.165) is 38.5 Å². The first-order chi connectivity index (χ1) is 8.28. The summed E-state index contributed by atoms with van der Waals surface area (Å²) in [6.45, 7) is 4.31. The van der Waals surface area contributed by atoms with E-state index in [1.807, 2.05) is 7.05 Å². The molecular weight excluding hydrogens is 240 g/mol. The third-order valence-corrected chi connectivity index (χ3v) is 2.91. The molecule has 1 unspecified atom stereocenters. The molecule has 1 saturated heterocycles. The molecular formula is C11H17ClN4O. The molecule has 5 nitrogen and oxygen atoms in total. The largest absolute Gasteiger partial charge is 0.374 e. The van der Waals surface area contributed by atoms with Gasteiger partial charge in [-0.1, -0.05) is 11.6 Å². The highest BCUT2D eigenvalue weighted by Crippen LogP contribution is 2.09. The van der Waals surface area contributed by atoms with Gasteiger partial charge in [0.25, 0.3) is 0 Å². The normalized spacial score (nSPS) is 21.6. The number of aromatic nitrogens is 2. The van der Waals surface area contributed by atoms with Crippen LogP contribution in [-0.2, 0) is 11.3 Å². The van der Waals surface area contributed by atoms with Crippen LogP contribution in [0.2, 0.25) is 5.15 Å². The van der Waals surface area contributed by atoms with Gasteiger partial charge in [-0.25, -0.2) is 4.98 Å². The minimum atomic E-state index is 0.258. The van der Waals surface area contributed by atoms with Gasteiger partial charge in [0, 0.05) is 26.2 Å².